The van der Waals surface area contributed by atoms with E-state index in [1.165, 1.54) is 0 Å². The third-order valence-electron chi connectivity index (χ3n) is 3.69. The van der Waals surface area contributed by atoms with E-state index >= 15 is 0 Å². The van der Waals surface area contributed by atoms with Crippen molar-refractivity contribution in [1.29, 1.82) is 0 Å². The fourth-order valence-electron chi connectivity index (χ4n) is 2.06. The second-order valence-corrected chi connectivity index (χ2v) is 5.49. The third-order valence-corrected chi connectivity index (χ3v) is 3.69. The number of hydrogen-bond acceptors (Lipinski definition) is 3. The summed E-state index contributed by atoms with van der Waals surface area (Å²) in [4.78, 5) is 23.0. The lowest BCUT2D eigenvalue weighted by molar-refractivity contribution is -0.143. The van der Waals surface area contributed by atoms with Crippen molar-refractivity contribution in [2.24, 2.45) is 5.92 Å². The monoisotopic (exact) mass is 307 g/mol. The molecule has 0 fully saturated rings. The highest BCUT2D eigenvalue weighted by atomic mass is 16.5. The van der Waals surface area contributed by atoms with Gasteiger partial charge < -0.3 is 15.2 Å². The van der Waals surface area contributed by atoms with Crippen molar-refractivity contribution >= 4 is 11.9 Å². The molecule has 1 amide bonds. The van der Waals surface area contributed by atoms with Crippen molar-refractivity contribution in [2.75, 3.05) is 6.61 Å². The number of carbonyl (C=O) groups is 2. The minimum atomic E-state index is -0.987. The van der Waals surface area contributed by atoms with Gasteiger partial charge >= 0.3 is 5.97 Å². The van der Waals surface area contributed by atoms with E-state index in [2.05, 4.69) is 5.32 Å². The van der Waals surface area contributed by atoms with Crippen molar-refractivity contribution in [3.05, 3.63) is 29.8 Å². The number of benzene rings is 1. The van der Waals surface area contributed by atoms with Crippen molar-refractivity contribution in [3.8, 4) is 5.75 Å². The molecule has 2 N–H and O–H groups in total. The van der Waals surface area contributed by atoms with Crippen LogP contribution in [0.25, 0.3) is 0 Å². The average molecular weight is 307 g/mol. The van der Waals surface area contributed by atoms with Crippen LogP contribution in [0, 0.1) is 12.8 Å². The number of para-hydroxylation sites is 1. The predicted octanol–water partition coefficient (Wildman–Crippen LogP) is 2.77. The maximum absolute atomic E-state index is 11.8. The molecule has 5 heteroatoms. The van der Waals surface area contributed by atoms with Gasteiger partial charge in [-0.1, -0.05) is 38.5 Å². The molecule has 22 heavy (non-hydrogen) atoms. The Hall–Kier alpha value is -2.04. The van der Waals surface area contributed by atoms with E-state index in [0.29, 0.717) is 19.4 Å². The first-order chi connectivity index (χ1) is 10.5. The highest BCUT2D eigenvalue weighted by Gasteiger charge is 2.24. The highest BCUT2D eigenvalue weighted by Crippen LogP contribution is 2.16. The van der Waals surface area contributed by atoms with E-state index < -0.39 is 12.0 Å². The van der Waals surface area contributed by atoms with Gasteiger partial charge in [-0.25, -0.2) is 4.79 Å². The molecule has 0 aliphatic rings. The largest absolute Gasteiger partial charge is 0.493 e. The molecule has 0 aliphatic carbocycles. The van der Waals surface area contributed by atoms with Gasteiger partial charge in [0.25, 0.3) is 0 Å². The second-order valence-electron chi connectivity index (χ2n) is 5.49. The summed E-state index contributed by atoms with van der Waals surface area (Å²) in [6, 6.07) is 6.87. The van der Waals surface area contributed by atoms with Crippen LogP contribution in [-0.2, 0) is 9.59 Å². The Balaban J connectivity index is 2.34. The Morgan fingerprint density at radius 2 is 2.00 bits per heavy atom. The zero-order chi connectivity index (χ0) is 16.5. The molecule has 122 valence electrons. The summed E-state index contributed by atoms with van der Waals surface area (Å²) in [5.74, 6) is -0.518. The number of amides is 1. The molecule has 1 rings (SSSR count). The lowest BCUT2D eigenvalue weighted by Crippen LogP contribution is -2.45. The lowest BCUT2D eigenvalue weighted by atomic mass is 9.99. The predicted molar refractivity (Wildman–Crippen MR) is 84.9 cm³/mol. The molecule has 0 saturated carbocycles. The molecule has 0 radical (unpaired) electrons. The van der Waals surface area contributed by atoms with Crippen molar-refractivity contribution in [1.82, 2.24) is 5.32 Å². The van der Waals surface area contributed by atoms with Crippen molar-refractivity contribution in [2.45, 2.75) is 46.1 Å². The minimum absolute atomic E-state index is 0.0929. The van der Waals surface area contributed by atoms with Gasteiger partial charge in [0.05, 0.1) is 6.61 Å². The number of carboxylic acids is 1. The summed E-state index contributed by atoms with van der Waals surface area (Å²) in [7, 11) is 0. The SMILES string of the molecule is CC[C@H](C)[C@H](NC(=O)CCCOc1ccccc1C)C(=O)O. The van der Waals surface area contributed by atoms with Crippen LogP contribution in [0.4, 0.5) is 0 Å². The van der Waals surface area contributed by atoms with Crippen LogP contribution in [0.2, 0.25) is 0 Å². The highest BCUT2D eigenvalue weighted by molar-refractivity contribution is 5.83. The summed E-state index contributed by atoms with van der Waals surface area (Å²) < 4.78 is 5.61. The normalized spacial score (nSPS) is 13.2. The molecule has 1 aromatic rings. The number of aryl methyl sites for hydroxylation is 1. The maximum Gasteiger partial charge on any atom is 0.326 e. The van der Waals surface area contributed by atoms with E-state index in [9.17, 15) is 9.59 Å². The first kappa shape index (κ1) is 18.0. The van der Waals surface area contributed by atoms with Crippen LogP contribution in [0.5, 0.6) is 5.75 Å². The smallest absolute Gasteiger partial charge is 0.326 e. The van der Waals surface area contributed by atoms with E-state index in [1.807, 2.05) is 45.0 Å². The van der Waals surface area contributed by atoms with Crippen LogP contribution < -0.4 is 10.1 Å². The zero-order valence-electron chi connectivity index (χ0n) is 13.5. The molecule has 0 spiro atoms. The van der Waals surface area contributed by atoms with Gasteiger partial charge in [0.2, 0.25) is 5.91 Å². The first-order valence-electron chi connectivity index (χ1n) is 7.66. The Labute approximate surface area is 131 Å². The molecular weight excluding hydrogens is 282 g/mol. The van der Waals surface area contributed by atoms with Crippen LogP contribution in [0.1, 0.15) is 38.7 Å². The number of carboxylic acid groups (broad SMARTS) is 1. The van der Waals surface area contributed by atoms with Gasteiger partial charge in [-0.05, 0) is 30.9 Å². The van der Waals surface area contributed by atoms with Crippen molar-refractivity contribution < 1.29 is 19.4 Å². The second kappa shape index (κ2) is 9.07. The Kier molecular flexibility index (Phi) is 7.43. The first-order valence-corrected chi connectivity index (χ1v) is 7.66. The number of nitrogens with one attached hydrogen (secondary N) is 1. The standard InChI is InChI=1S/C17H25NO4/c1-4-12(2)16(17(20)21)18-15(19)10-7-11-22-14-9-6-5-8-13(14)3/h5-6,8-9,12,16H,4,7,10-11H2,1-3H3,(H,18,19)(H,20,21)/t12-,16-/m0/s1. The zero-order valence-corrected chi connectivity index (χ0v) is 13.5. The van der Waals surface area contributed by atoms with Gasteiger partial charge in [-0.3, -0.25) is 4.79 Å². The van der Waals surface area contributed by atoms with Gasteiger partial charge in [0, 0.05) is 6.42 Å². The molecule has 5 nitrogen and oxygen atoms in total. The van der Waals surface area contributed by atoms with Gasteiger partial charge in [0.15, 0.2) is 0 Å². The summed E-state index contributed by atoms with van der Waals surface area (Å²) in [5.41, 5.74) is 1.05. The molecule has 0 heterocycles. The summed E-state index contributed by atoms with van der Waals surface area (Å²) in [5, 5.41) is 11.7. The molecule has 0 bridgehead atoms. The number of aliphatic carboxylic acids is 1. The fraction of sp³-hybridized carbons (Fsp3) is 0.529. The molecule has 0 saturated heterocycles. The minimum Gasteiger partial charge on any atom is -0.493 e. The van der Waals surface area contributed by atoms with E-state index in [4.69, 9.17) is 9.84 Å². The van der Waals surface area contributed by atoms with Crippen LogP contribution in [-0.4, -0.2) is 29.6 Å². The third kappa shape index (κ3) is 5.76. The molecule has 1 aromatic carbocycles. The number of hydrogen-bond donors (Lipinski definition) is 2. The molecular formula is C17H25NO4. The van der Waals surface area contributed by atoms with Crippen molar-refractivity contribution in [3.63, 3.8) is 0 Å². The van der Waals surface area contributed by atoms with Crippen LogP contribution >= 0.6 is 0 Å². The van der Waals surface area contributed by atoms with E-state index in [0.717, 1.165) is 11.3 Å². The maximum atomic E-state index is 11.8. The quantitative estimate of drug-likeness (QED) is 0.688. The lowest BCUT2D eigenvalue weighted by Gasteiger charge is -2.20. The molecule has 0 unspecified atom stereocenters. The topological polar surface area (TPSA) is 75.6 Å². The van der Waals surface area contributed by atoms with Gasteiger partial charge in [-0.15, -0.1) is 0 Å². The van der Waals surface area contributed by atoms with Gasteiger partial charge in [-0.2, -0.15) is 0 Å². The summed E-state index contributed by atoms with van der Waals surface area (Å²) in [6.45, 7) is 6.12. The summed E-state index contributed by atoms with van der Waals surface area (Å²) >= 11 is 0. The van der Waals surface area contributed by atoms with Crippen LogP contribution in [0.15, 0.2) is 24.3 Å². The number of ether oxygens (including phenoxy) is 1. The number of rotatable bonds is 9. The van der Waals surface area contributed by atoms with Gasteiger partial charge in [0.1, 0.15) is 11.8 Å². The Bertz CT molecular complexity index is 501. The van der Waals surface area contributed by atoms with E-state index in [-0.39, 0.29) is 18.2 Å². The molecule has 2 atom stereocenters. The molecule has 0 aliphatic heterocycles. The summed E-state index contributed by atoms with van der Waals surface area (Å²) in [6.07, 6.45) is 1.51. The van der Waals surface area contributed by atoms with E-state index in [1.54, 1.807) is 0 Å². The fourth-order valence-corrected chi connectivity index (χ4v) is 2.06. The Morgan fingerprint density at radius 1 is 1.32 bits per heavy atom. The van der Waals surface area contributed by atoms with Crippen LogP contribution in [0.3, 0.4) is 0 Å². The number of carbonyl (C=O) groups excluding carboxylic acids is 1. The molecule has 0 aromatic heterocycles. The average Bonchev–Trinajstić information content (AvgIpc) is 2.49. The Morgan fingerprint density at radius 3 is 2.59 bits per heavy atom.